The third-order valence-corrected chi connectivity index (χ3v) is 3.97. The van der Waals surface area contributed by atoms with E-state index >= 15 is 0 Å². The van der Waals surface area contributed by atoms with Crippen LogP contribution >= 0.6 is 34.8 Å². The predicted molar refractivity (Wildman–Crippen MR) is 84.7 cm³/mol. The van der Waals surface area contributed by atoms with Crippen LogP contribution in [0, 0.1) is 11.3 Å². The Hall–Kier alpha value is -1.40. The molecule has 0 saturated heterocycles. The summed E-state index contributed by atoms with van der Waals surface area (Å²) < 4.78 is 0. The zero-order valence-electron chi connectivity index (χ0n) is 10.6. The Morgan fingerprint density at radius 1 is 1.00 bits per heavy atom. The zero-order valence-corrected chi connectivity index (χ0v) is 12.9. The number of anilines is 1. The first-order chi connectivity index (χ1) is 9.51. The summed E-state index contributed by atoms with van der Waals surface area (Å²) >= 11 is 18.0. The Morgan fingerprint density at radius 2 is 1.75 bits per heavy atom. The number of hydrogen-bond donors (Lipinski definition) is 1. The molecule has 20 heavy (non-hydrogen) atoms. The van der Waals surface area contributed by atoms with E-state index in [0.29, 0.717) is 20.6 Å². The van der Waals surface area contributed by atoms with Crippen LogP contribution in [0.1, 0.15) is 24.1 Å². The van der Waals surface area contributed by atoms with Crippen molar-refractivity contribution < 1.29 is 0 Å². The van der Waals surface area contributed by atoms with Crippen molar-refractivity contribution >= 4 is 40.5 Å². The van der Waals surface area contributed by atoms with Crippen LogP contribution in [-0.4, -0.2) is 0 Å². The molecule has 0 amide bonds. The summed E-state index contributed by atoms with van der Waals surface area (Å²) in [7, 11) is 0. The molecule has 0 bridgehead atoms. The van der Waals surface area contributed by atoms with Crippen LogP contribution in [0.5, 0.6) is 0 Å². The first-order valence-electron chi connectivity index (χ1n) is 5.92. The highest BCUT2D eigenvalue weighted by atomic mass is 35.5. The Morgan fingerprint density at radius 3 is 2.35 bits per heavy atom. The van der Waals surface area contributed by atoms with E-state index in [0.717, 1.165) is 11.3 Å². The van der Waals surface area contributed by atoms with Crippen LogP contribution < -0.4 is 5.32 Å². The molecule has 2 nitrogen and oxygen atoms in total. The van der Waals surface area contributed by atoms with Crippen molar-refractivity contribution in [1.29, 1.82) is 5.26 Å². The fourth-order valence-electron chi connectivity index (χ4n) is 1.80. The number of nitrogens with zero attached hydrogens (tertiary/aromatic N) is 1. The third-order valence-electron chi connectivity index (χ3n) is 2.91. The molecule has 1 atom stereocenters. The standard InChI is InChI=1S/C15H11Cl3N2/c1-9(11-3-4-12(16)13(17)7-11)20-15-5-2-10(8-19)6-14(15)18/h2-7,9,20H,1H3. The molecule has 1 N–H and O–H groups in total. The van der Waals surface area contributed by atoms with E-state index in [1.165, 1.54) is 0 Å². The highest BCUT2D eigenvalue weighted by Crippen LogP contribution is 2.30. The summed E-state index contributed by atoms with van der Waals surface area (Å²) in [5.74, 6) is 0. The normalized spacial score (nSPS) is 11.8. The summed E-state index contributed by atoms with van der Waals surface area (Å²) in [6.07, 6.45) is 0. The van der Waals surface area contributed by atoms with Crippen molar-refractivity contribution in [3.63, 3.8) is 0 Å². The van der Waals surface area contributed by atoms with Gasteiger partial charge in [0.2, 0.25) is 0 Å². The number of benzene rings is 2. The lowest BCUT2D eigenvalue weighted by atomic mass is 10.1. The molecule has 102 valence electrons. The molecule has 2 rings (SSSR count). The summed E-state index contributed by atoms with van der Waals surface area (Å²) in [6, 6.07) is 12.7. The first-order valence-corrected chi connectivity index (χ1v) is 7.06. The number of hydrogen-bond acceptors (Lipinski definition) is 2. The van der Waals surface area contributed by atoms with Crippen LogP contribution in [0.15, 0.2) is 36.4 Å². The average molecular weight is 326 g/mol. The van der Waals surface area contributed by atoms with Gasteiger partial charge in [-0.05, 0) is 42.8 Å². The molecule has 0 fully saturated rings. The minimum Gasteiger partial charge on any atom is -0.377 e. The molecular weight excluding hydrogens is 315 g/mol. The van der Waals surface area contributed by atoms with Gasteiger partial charge in [0.1, 0.15) is 0 Å². The maximum absolute atomic E-state index is 8.81. The Bertz CT molecular complexity index is 677. The van der Waals surface area contributed by atoms with E-state index in [1.54, 1.807) is 24.3 Å². The molecule has 0 aromatic heterocycles. The highest BCUT2D eigenvalue weighted by Gasteiger charge is 2.10. The molecule has 0 saturated carbocycles. The molecule has 0 spiro atoms. The second kappa shape index (κ2) is 6.37. The Balaban J connectivity index is 2.21. The molecule has 0 heterocycles. The van der Waals surface area contributed by atoms with E-state index in [2.05, 4.69) is 5.32 Å². The van der Waals surface area contributed by atoms with Crippen molar-refractivity contribution in [2.24, 2.45) is 0 Å². The number of halogens is 3. The lowest BCUT2D eigenvalue weighted by molar-refractivity contribution is 0.885. The van der Waals surface area contributed by atoms with Crippen molar-refractivity contribution in [2.45, 2.75) is 13.0 Å². The smallest absolute Gasteiger partial charge is 0.0992 e. The van der Waals surface area contributed by atoms with E-state index < -0.39 is 0 Å². The van der Waals surface area contributed by atoms with Gasteiger partial charge in [0.05, 0.1) is 32.4 Å². The summed E-state index contributed by atoms with van der Waals surface area (Å²) in [6.45, 7) is 1.99. The number of nitriles is 1. The van der Waals surface area contributed by atoms with Gasteiger partial charge in [-0.15, -0.1) is 0 Å². The van der Waals surface area contributed by atoms with Gasteiger partial charge in [-0.1, -0.05) is 40.9 Å². The predicted octanol–water partition coefficient (Wildman–Crippen LogP) is 5.69. The average Bonchev–Trinajstić information content (AvgIpc) is 2.43. The first kappa shape index (κ1) is 15.0. The molecule has 0 aliphatic carbocycles. The molecular formula is C15H11Cl3N2. The van der Waals surface area contributed by atoms with Crippen LogP contribution in [-0.2, 0) is 0 Å². The van der Waals surface area contributed by atoms with Crippen molar-refractivity contribution in [3.8, 4) is 6.07 Å². The van der Waals surface area contributed by atoms with Crippen molar-refractivity contribution in [1.82, 2.24) is 0 Å². The molecule has 0 aliphatic heterocycles. The Labute approximate surface area is 132 Å². The molecule has 2 aromatic rings. The summed E-state index contributed by atoms with van der Waals surface area (Å²) in [5, 5.41) is 13.6. The number of rotatable bonds is 3. The van der Waals surface area contributed by atoms with E-state index in [-0.39, 0.29) is 6.04 Å². The third kappa shape index (κ3) is 3.37. The quantitative estimate of drug-likeness (QED) is 0.786. The molecule has 0 aliphatic rings. The maximum atomic E-state index is 8.81. The van der Waals surface area contributed by atoms with Gasteiger partial charge in [-0.3, -0.25) is 0 Å². The maximum Gasteiger partial charge on any atom is 0.0992 e. The van der Waals surface area contributed by atoms with Gasteiger partial charge < -0.3 is 5.32 Å². The minimum absolute atomic E-state index is 0.00945. The van der Waals surface area contributed by atoms with Gasteiger partial charge in [-0.2, -0.15) is 5.26 Å². The lowest BCUT2D eigenvalue weighted by Gasteiger charge is -2.17. The topological polar surface area (TPSA) is 35.8 Å². The van der Waals surface area contributed by atoms with Crippen molar-refractivity contribution in [3.05, 3.63) is 62.6 Å². The second-order valence-corrected chi connectivity index (χ2v) is 5.57. The van der Waals surface area contributed by atoms with Crippen LogP contribution in [0.4, 0.5) is 5.69 Å². The van der Waals surface area contributed by atoms with Gasteiger partial charge in [0, 0.05) is 6.04 Å². The van der Waals surface area contributed by atoms with Crippen LogP contribution in [0.2, 0.25) is 15.1 Å². The zero-order chi connectivity index (χ0) is 14.7. The molecule has 2 aromatic carbocycles. The summed E-state index contributed by atoms with van der Waals surface area (Å²) in [5.41, 5.74) is 2.30. The SMILES string of the molecule is CC(Nc1ccc(C#N)cc1Cl)c1ccc(Cl)c(Cl)c1. The Kier molecular flexibility index (Phi) is 4.77. The second-order valence-electron chi connectivity index (χ2n) is 4.35. The fourth-order valence-corrected chi connectivity index (χ4v) is 2.34. The van der Waals surface area contributed by atoms with Crippen LogP contribution in [0.3, 0.4) is 0 Å². The monoisotopic (exact) mass is 324 g/mol. The van der Waals surface area contributed by atoms with E-state index in [1.807, 2.05) is 25.1 Å². The number of nitrogens with one attached hydrogen (secondary N) is 1. The van der Waals surface area contributed by atoms with Gasteiger partial charge in [-0.25, -0.2) is 0 Å². The summed E-state index contributed by atoms with van der Waals surface area (Å²) in [4.78, 5) is 0. The lowest BCUT2D eigenvalue weighted by Crippen LogP contribution is -2.07. The fraction of sp³-hybridized carbons (Fsp3) is 0.133. The molecule has 1 unspecified atom stereocenters. The van der Waals surface area contributed by atoms with Crippen molar-refractivity contribution in [2.75, 3.05) is 5.32 Å². The van der Waals surface area contributed by atoms with E-state index in [4.69, 9.17) is 40.1 Å². The largest absolute Gasteiger partial charge is 0.377 e. The van der Waals surface area contributed by atoms with E-state index in [9.17, 15) is 0 Å². The molecule has 0 radical (unpaired) electrons. The van der Waals surface area contributed by atoms with Gasteiger partial charge >= 0.3 is 0 Å². The van der Waals surface area contributed by atoms with Gasteiger partial charge in [0.15, 0.2) is 0 Å². The van der Waals surface area contributed by atoms with Crippen LogP contribution in [0.25, 0.3) is 0 Å². The molecule has 5 heteroatoms. The minimum atomic E-state index is 0.00945. The highest BCUT2D eigenvalue weighted by molar-refractivity contribution is 6.42. The van der Waals surface area contributed by atoms with Gasteiger partial charge in [0.25, 0.3) is 0 Å².